The Labute approximate surface area is 152 Å². The molecule has 0 amide bonds. The molecule has 0 aliphatic heterocycles. The first-order chi connectivity index (χ1) is 12.5. The fourth-order valence-electron chi connectivity index (χ4n) is 3.11. The SMILES string of the molecule is COc1ccc(C(=O)ON=C2CCCc3c2ccc(O)c3C)cc1OC. The van der Waals surface area contributed by atoms with Gasteiger partial charge in [-0.1, -0.05) is 5.16 Å². The highest BCUT2D eigenvalue weighted by Crippen LogP contribution is 2.31. The molecule has 0 saturated carbocycles. The molecule has 1 aliphatic carbocycles. The molecule has 26 heavy (non-hydrogen) atoms. The van der Waals surface area contributed by atoms with Crippen molar-refractivity contribution in [2.45, 2.75) is 26.2 Å². The van der Waals surface area contributed by atoms with Gasteiger partial charge in [0.05, 0.1) is 25.5 Å². The first kappa shape index (κ1) is 17.8. The lowest BCUT2D eigenvalue weighted by Gasteiger charge is -2.19. The van der Waals surface area contributed by atoms with E-state index in [1.807, 2.05) is 13.0 Å². The van der Waals surface area contributed by atoms with Crippen molar-refractivity contribution in [2.75, 3.05) is 14.2 Å². The highest BCUT2D eigenvalue weighted by atomic mass is 16.7. The van der Waals surface area contributed by atoms with Crippen molar-refractivity contribution < 1.29 is 24.2 Å². The zero-order valence-corrected chi connectivity index (χ0v) is 15.0. The molecule has 0 bridgehead atoms. The van der Waals surface area contributed by atoms with Crippen molar-refractivity contribution in [1.82, 2.24) is 0 Å². The third kappa shape index (κ3) is 3.35. The monoisotopic (exact) mass is 355 g/mol. The Morgan fingerprint density at radius 3 is 2.58 bits per heavy atom. The largest absolute Gasteiger partial charge is 0.508 e. The zero-order valence-electron chi connectivity index (χ0n) is 15.0. The van der Waals surface area contributed by atoms with Gasteiger partial charge in [0.15, 0.2) is 11.5 Å². The van der Waals surface area contributed by atoms with E-state index < -0.39 is 5.97 Å². The van der Waals surface area contributed by atoms with Gasteiger partial charge in [-0.3, -0.25) is 0 Å². The summed E-state index contributed by atoms with van der Waals surface area (Å²) in [6.45, 7) is 1.88. The van der Waals surface area contributed by atoms with Gasteiger partial charge >= 0.3 is 5.97 Å². The van der Waals surface area contributed by atoms with E-state index in [9.17, 15) is 9.90 Å². The van der Waals surface area contributed by atoms with Crippen LogP contribution in [0.15, 0.2) is 35.5 Å². The molecule has 0 aromatic heterocycles. The number of oxime groups is 1. The molecule has 6 nitrogen and oxygen atoms in total. The van der Waals surface area contributed by atoms with Crippen LogP contribution in [0.5, 0.6) is 17.2 Å². The Balaban J connectivity index is 1.83. The van der Waals surface area contributed by atoms with Gasteiger partial charge in [0, 0.05) is 5.56 Å². The van der Waals surface area contributed by atoms with Crippen molar-refractivity contribution >= 4 is 11.7 Å². The number of phenols is 1. The molecule has 3 rings (SSSR count). The number of aromatic hydroxyl groups is 1. The van der Waals surface area contributed by atoms with Crippen molar-refractivity contribution in [3.05, 3.63) is 52.6 Å². The fourth-order valence-corrected chi connectivity index (χ4v) is 3.11. The average Bonchev–Trinajstić information content (AvgIpc) is 2.68. The second-order valence-electron chi connectivity index (χ2n) is 6.08. The van der Waals surface area contributed by atoms with Gasteiger partial charge < -0.3 is 19.4 Å². The standard InChI is InChI=1S/C20H21NO5/c1-12-14-5-4-6-16(15(14)8-9-17(12)22)21-26-20(23)13-7-10-18(24-2)19(11-13)25-3/h7-11,22H,4-6H2,1-3H3. The Morgan fingerprint density at radius 1 is 1.08 bits per heavy atom. The summed E-state index contributed by atoms with van der Waals surface area (Å²) in [4.78, 5) is 17.5. The minimum absolute atomic E-state index is 0.271. The van der Waals surface area contributed by atoms with Crippen LogP contribution in [0.2, 0.25) is 0 Å². The second-order valence-corrected chi connectivity index (χ2v) is 6.08. The van der Waals surface area contributed by atoms with Crippen LogP contribution in [0.1, 0.15) is 39.9 Å². The Hall–Kier alpha value is -3.02. The van der Waals surface area contributed by atoms with Gasteiger partial charge in [0.1, 0.15) is 5.75 Å². The van der Waals surface area contributed by atoms with Crippen LogP contribution in [-0.4, -0.2) is 31.0 Å². The van der Waals surface area contributed by atoms with E-state index in [1.54, 1.807) is 24.3 Å². The van der Waals surface area contributed by atoms with E-state index in [-0.39, 0.29) is 5.75 Å². The van der Waals surface area contributed by atoms with Gasteiger partial charge in [0.25, 0.3) is 0 Å². The maximum atomic E-state index is 12.3. The number of benzene rings is 2. The molecule has 0 saturated heterocycles. The van der Waals surface area contributed by atoms with E-state index in [2.05, 4.69) is 5.16 Å². The molecule has 0 unspecified atom stereocenters. The number of fused-ring (bicyclic) bond motifs is 1. The second kappa shape index (κ2) is 7.47. The summed E-state index contributed by atoms with van der Waals surface area (Å²) in [6.07, 6.45) is 2.48. The highest BCUT2D eigenvalue weighted by Gasteiger charge is 2.20. The normalized spacial score (nSPS) is 14.7. The lowest BCUT2D eigenvalue weighted by atomic mass is 9.87. The molecule has 0 radical (unpaired) electrons. The van der Waals surface area contributed by atoms with E-state index >= 15 is 0 Å². The van der Waals surface area contributed by atoms with E-state index in [1.165, 1.54) is 14.2 Å². The first-order valence-electron chi connectivity index (χ1n) is 8.37. The molecule has 1 aliphatic rings. The van der Waals surface area contributed by atoms with Gasteiger partial charge in [-0.05, 0) is 67.6 Å². The van der Waals surface area contributed by atoms with Crippen LogP contribution in [0.25, 0.3) is 0 Å². The minimum atomic E-state index is -0.568. The number of carbonyl (C=O) groups excluding carboxylic acids is 1. The summed E-state index contributed by atoms with van der Waals surface area (Å²) >= 11 is 0. The summed E-state index contributed by atoms with van der Waals surface area (Å²) in [7, 11) is 3.03. The van der Waals surface area contributed by atoms with Gasteiger partial charge in [-0.15, -0.1) is 0 Å². The molecular weight excluding hydrogens is 334 g/mol. The van der Waals surface area contributed by atoms with Crippen LogP contribution < -0.4 is 9.47 Å². The molecule has 2 aromatic rings. The van der Waals surface area contributed by atoms with Crippen molar-refractivity contribution in [3.8, 4) is 17.2 Å². The number of ether oxygens (including phenoxy) is 2. The maximum Gasteiger partial charge on any atom is 0.365 e. The van der Waals surface area contributed by atoms with Crippen molar-refractivity contribution in [2.24, 2.45) is 5.16 Å². The molecule has 1 N–H and O–H groups in total. The molecule has 0 heterocycles. The Bertz CT molecular complexity index is 873. The number of rotatable bonds is 4. The first-order valence-corrected chi connectivity index (χ1v) is 8.37. The predicted octanol–water partition coefficient (Wildman–Crippen LogP) is 3.62. The molecule has 0 atom stereocenters. The summed E-state index contributed by atoms with van der Waals surface area (Å²) in [5.74, 6) is 0.684. The van der Waals surface area contributed by atoms with Crippen LogP contribution in [0.3, 0.4) is 0 Å². The van der Waals surface area contributed by atoms with Gasteiger partial charge in [-0.2, -0.15) is 0 Å². The maximum absolute atomic E-state index is 12.3. The molecule has 0 spiro atoms. The summed E-state index contributed by atoms with van der Waals surface area (Å²) in [5.41, 5.74) is 3.86. The molecule has 136 valence electrons. The van der Waals surface area contributed by atoms with Crippen molar-refractivity contribution in [3.63, 3.8) is 0 Å². The topological polar surface area (TPSA) is 77.4 Å². The van der Waals surface area contributed by atoms with Crippen LogP contribution >= 0.6 is 0 Å². The van der Waals surface area contributed by atoms with E-state index in [0.717, 1.165) is 36.0 Å². The van der Waals surface area contributed by atoms with Crippen LogP contribution in [0, 0.1) is 6.92 Å². The predicted molar refractivity (Wildman–Crippen MR) is 97.3 cm³/mol. The number of carbonyl (C=O) groups is 1. The minimum Gasteiger partial charge on any atom is -0.508 e. The van der Waals surface area contributed by atoms with Crippen LogP contribution in [-0.2, 0) is 11.3 Å². The lowest BCUT2D eigenvalue weighted by Crippen LogP contribution is -2.15. The number of phenolic OH excluding ortho intramolecular Hbond substituents is 1. The number of hydrogen-bond donors (Lipinski definition) is 1. The highest BCUT2D eigenvalue weighted by molar-refractivity contribution is 6.03. The number of methoxy groups -OCH3 is 2. The zero-order chi connectivity index (χ0) is 18.7. The number of nitrogens with zero attached hydrogens (tertiary/aromatic N) is 1. The Morgan fingerprint density at radius 2 is 1.85 bits per heavy atom. The summed E-state index contributed by atoms with van der Waals surface area (Å²) < 4.78 is 10.4. The molecule has 6 heteroatoms. The third-order valence-corrected chi connectivity index (χ3v) is 4.58. The number of hydrogen-bond acceptors (Lipinski definition) is 6. The van der Waals surface area contributed by atoms with Gasteiger partial charge in [0.2, 0.25) is 0 Å². The molecular formula is C20H21NO5. The fraction of sp³-hybridized carbons (Fsp3) is 0.300. The summed E-state index contributed by atoms with van der Waals surface area (Å²) in [5, 5.41) is 14.0. The molecule has 0 fully saturated rings. The van der Waals surface area contributed by atoms with Gasteiger partial charge in [-0.25, -0.2) is 4.79 Å². The average molecular weight is 355 g/mol. The van der Waals surface area contributed by atoms with E-state index in [4.69, 9.17) is 14.3 Å². The quantitative estimate of drug-likeness (QED) is 0.669. The lowest BCUT2D eigenvalue weighted by molar-refractivity contribution is 0.0515. The van der Waals surface area contributed by atoms with Crippen molar-refractivity contribution in [1.29, 1.82) is 0 Å². The molecule has 2 aromatic carbocycles. The smallest absolute Gasteiger partial charge is 0.365 e. The summed E-state index contributed by atoms with van der Waals surface area (Å²) in [6, 6.07) is 8.26. The van der Waals surface area contributed by atoms with Crippen LogP contribution in [0.4, 0.5) is 0 Å². The van der Waals surface area contributed by atoms with E-state index in [0.29, 0.717) is 22.8 Å². The Kier molecular flexibility index (Phi) is 5.11. The third-order valence-electron chi connectivity index (χ3n) is 4.58.